The van der Waals surface area contributed by atoms with Gasteiger partial charge in [-0.25, -0.2) is 5.48 Å². The summed E-state index contributed by atoms with van der Waals surface area (Å²) in [6, 6.07) is 0. The normalized spacial score (nSPS) is 21.2. The van der Waals surface area contributed by atoms with Gasteiger partial charge in [-0.15, -0.1) is 0 Å². The second-order valence-electron chi connectivity index (χ2n) is 2.02. The van der Waals surface area contributed by atoms with Gasteiger partial charge in [0.1, 0.15) is 13.2 Å². The lowest BCUT2D eigenvalue weighted by Crippen LogP contribution is -2.29. The molecule has 1 fully saturated rings. The number of rotatable bonds is 2. The molecule has 0 atom stereocenters. The maximum absolute atomic E-state index is 9.99. The summed E-state index contributed by atoms with van der Waals surface area (Å²) in [5.41, 5.74) is 3.15. The van der Waals surface area contributed by atoms with E-state index in [0.29, 0.717) is 31.2 Å². The molecule has 1 aliphatic rings. The van der Waals surface area contributed by atoms with Gasteiger partial charge >= 0.3 is 0 Å². The summed E-state index contributed by atoms with van der Waals surface area (Å²) in [5, 5.41) is 2.45. The first-order valence-corrected chi connectivity index (χ1v) is 3.26. The van der Waals surface area contributed by atoms with Gasteiger partial charge in [-0.1, -0.05) is 0 Å². The Morgan fingerprint density at radius 1 is 1.73 bits per heavy atom. The van der Waals surface area contributed by atoms with E-state index in [-0.39, 0.29) is 0 Å². The Morgan fingerprint density at radius 3 is 3.09 bits per heavy atom. The first-order chi connectivity index (χ1) is 5.34. The van der Waals surface area contributed by atoms with Crippen molar-refractivity contribution >= 4 is 6.41 Å². The van der Waals surface area contributed by atoms with Gasteiger partial charge in [-0.3, -0.25) is 9.63 Å². The van der Waals surface area contributed by atoms with Crippen molar-refractivity contribution in [2.75, 3.05) is 13.2 Å². The molecule has 1 rings (SSSR count). The van der Waals surface area contributed by atoms with Gasteiger partial charge in [0.15, 0.2) is 0 Å². The Bertz CT molecular complexity index is 171. The minimum Gasteiger partial charge on any atom is -0.474 e. The summed E-state index contributed by atoms with van der Waals surface area (Å²) in [4.78, 5) is 14.8. The van der Waals surface area contributed by atoms with Crippen molar-refractivity contribution in [2.45, 2.75) is 6.92 Å². The lowest BCUT2D eigenvalue weighted by atomic mass is 10.5. The second-order valence-corrected chi connectivity index (χ2v) is 2.02. The van der Waals surface area contributed by atoms with E-state index in [2.05, 4.69) is 10.8 Å². The topological polar surface area (TPSA) is 59.6 Å². The number of hydrogen-bond acceptors (Lipinski definition) is 4. The molecule has 5 heteroatoms. The monoisotopic (exact) mass is 158 g/mol. The number of ether oxygens (including phenoxy) is 1. The highest BCUT2D eigenvalue weighted by molar-refractivity contribution is 5.49. The van der Waals surface area contributed by atoms with Crippen LogP contribution in [-0.4, -0.2) is 19.6 Å². The maximum atomic E-state index is 9.99. The third kappa shape index (κ3) is 2.12. The van der Waals surface area contributed by atoms with Crippen LogP contribution in [0.25, 0.3) is 0 Å². The maximum Gasteiger partial charge on any atom is 0.230 e. The van der Waals surface area contributed by atoms with Crippen molar-refractivity contribution in [3.05, 3.63) is 11.6 Å². The van der Waals surface area contributed by atoms with Crippen LogP contribution < -0.4 is 10.8 Å². The van der Waals surface area contributed by atoms with Crippen LogP contribution in [0.15, 0.2) is 11.6 Å². The van der Waals surface area contributed by atoms with E-state index in [0.717, 1.165) is 0 Å². The van der Waals surface area contributed by atoms with Crippen molar-refractivity contribution in [1.29, 1.82) is 0 Å². The highest BCUT2D eigenvalue weighted by atomic mass is 16.7. The zero-order valence-electron chi connectivity index (χ0n) is 6.22. The molecule has 0 saturated carbocycles. The molecule has 5 nitrogen and oxygen atoms in total. The predicted molar refractivity (Wildman–Crippen MR) is 36.9 cm³/mol. The average molecular weight is 158 g/mol. The molecule has 2 N–H and O–H groups in total. The van der Waals surface area contributed by atoms with Gasteiger partial charge in [0, 0.05) is 0 Å². The lowest BCUT2D eigenvalue weighted by molar-refractivity contribution is -0.109. The van der Waals surface area contributed by atoms with Crippen LogP contribution in [0.1, 0.15) is 6.92 Å². The van der Waals surface area contributed by atoms with Crippen LogP contribution in [0.4, 0.5) is 0 Å². The van der Waals surface area contributed by atoms with Gasteiger partial charge < -0.3 is 10.1 Å². The molecular formula is C6H10N2O3. The van der Waals surface area contributed by atoms with Gasteiger partial charge in [-0.05, 0) is 6.92 Å². The van der Waals surface area contributed by atoms with Crippen LogP contribution in [0.5, 0.6) is 0 Å². The number of hydrogen-bond donors (Lipinski definition) is 2. The van der Waals surface area contributed by atoms with E-state index >= 15 is 0 Å². The predicted octanol–water partition coefficient (Wildman–Crippen LogP) is -0.527. The molecular weight excluding hydrogens is 148 g/mol. The first-order valence-electron chi connectivity index (χ1n) is 3.26. The smallest absolute Gasteiger partial charge is 0.230 e. The third-order valence-corrected chi connectivity index (χ3v) is 1.21. The molecule has 0 bridgehead atoms. The van der Waals surface area contributed by atoms with Crippen molar-refractivity contribution in [3.8, 4) is 0 Å². The van der Waals surface area contributed by atoms with Crippen LogP contribution >= 0.6 is 0 Å². The molecule has 0 aromatic carbocycles. The van der Waals surface area contributed by atoms with Gasteiger partial charge in [0.05, 0.1) is 5.70 Å². The zero-order chi connectivity index (χ0) is 8.10. The van der Waals surface area contributed by atoms with E-state index in [9.17, 15) is 4.79 Å². The van der Waals surface area contributed by atoms with Crippen molar-refractivity contribution in [2.24, 2.45) is 0 Å². The van der Waals surface area contributed by atoms with Crippen LogP contribution in [-0.2, 0) is 14.4 Å². The molecule has 1 aliphatic heterocycles. The minimum absolute atomic E-state index is 0.461. The highest BCUT2D eigenvalue weighted by Crippen LogP contribution is 2.02. The molecule has 0 radical (unpaired) electrons. The van der Waals surface area contributed by atoms with E-state index in [4.69, 9.17) is 9.57 Å². The molecule has 0 spiro atoms. The standard InChI is InChI=1S/C6H10N2O3/c1-5(7-4-9)6-8-11-3-2-10-6/h4,8H,2-3H2,1H3,(H,7,9)/b6-5+. The molecule has 1 heterocycles. The highest BCUT2D eigenvalue weighted by Gasteiger charge is 2.08. The molecule has 0 aliphatic carbocycles. The zero-order valence-corrected chi connectivity index (χ0v) is 6.22. The molecule has 0 unspecified atom stereocenters. The molecule has 0 aromatic heterocycles. The van der Waals surface area contributed by atoms with Crippen molar-refractivity contribution < 1.29 is 14.4 Å². The fourth-order valence-corrected chi connectivity index (χ4v) is 0.670. The summed E-state index contributed by atoms with van der Waals surface area (Å²) >= 11 is 0. The van der Waals surface area contributed by atoms with Crippen LogP contribution in [0, 0.1) is 0 Å². The Morgan fingerprint density at radius 2 is 2.55 bits per heavy atom. The molecule has 11 heavy (non-hydrogen) atoms. The quantitative estimate of drug-likeness (QED) is 0.530. The van der Waals surface area contributed by atoms with Crippen LogP contribution in [0.3, 0.4) is 0 Å². The summed E-state index contributed by atoms with van der Waals surface area (Å²) in [6.45, 7) is 2.73. The summed E-state index contributed by atoms with van der Waals surface area (Å²) in [5.74, 6) is 0.461. The van der Waals surface area contributed by atoms with E-state index < -0.39 is 0 Å². The molecule has 62 valence electrons. The SMILES string of the molecule is C/C(NC=O)=C1/NOCCO1. The Balaban J connectivity index is 2.52. The number of carbonyl (C=O) groups excluding carboxylic acids is 1. The lowest BCUT2D eigenvalue weighted by Gasteiger charge is -2.19. The minimum atomic E-state index is 0.461. The third-order valence-electron chi connectivity index (χ3n) is 1.21. The van der Waals surface area contributed by atoms with Crippen molar-refractivity contribution in [3.63, 3.8) is 0 Å². The van der Waals surface area contributed by atoms with Gasteiger partial charge in [0.25, 0.3) is 0 Å². The first kappa shape index (κ1) is 7.87. The van der Waals surface area contributed by atoms with E-state index in [1.165, 1.54) is 0 Å². The summed E-state index contributed by atoms with van der Waals surface area (Å²) in [6.07, 6.45) is 0.585. The number of carbonyl (C=O) groups is 1. The molecule has 1 saturated heterocycles. The van der Waals surface area contributed by atoms with Gasteiger partial charge in [-0.2, -0.15) is 0 Å². The summed E-state index contributed by atoms with van der Waals surface area (Å²) in [7, 11) is 0. The number of hydroxylamine groups is 1. The Kier molecular flexibility index (Phi) is 2.74. The molecule has 0 aromatic rings. The molecule has 1 amide bonds. The average Bonchev–Trinajstić information content (AvgIpc) is 2.07. The largest absolute Gasteiger partial charge is 0.474 e. The summed E-state index contributed by atoms with van der Waals surface area (Å²) < 4.78 is 5.11. The van der Waals surface area contributed by atoms with E-state index in [1.807, 2.05) is 0 Å². The Labute approximate surface area is 64.3 Å². The number of allylic oxidation sites excluding steroid dienone is 1. The van der Waals surface area contributed by atoms with E-state index in [1.54, 1.807) is 6.92 Å². The van der Waals surface area contributed by atoms with Crippen LogP contribution in [0.2, 0.25) is 0 Å². The second kappa shape index (κ2) is 3.82. The fourth-order valence-electron chi connectivity index (χ4n) is 0.670. The number of nitrogens with one attached hydrogen (secondary N) is 2. The number of amides is 1. The fraction of sp³-hybridized carbons (Fsp3) is 0.500. The Hall–Kier alpha value is -1.23. The van der Waals surface area contributed by atoms with Crippen molar-refractivity contribution in [1.82, 2.24) is 10.8 Å². The van der Waals surface area contributed by atoms with Gasteiger partial charge in [0.2, 0.25) is 12.3 Å².